The number of nitrogens with zero attached hydrogens (tertiary/aromatic N) is 3. The monoisotopic (exact) mass is 498 g/mol. The summed E-state index contributed by atoms with van der Waals surface area (Å²) >= 11 is 8.73. The average Bonchev–Trinajstić information content (AvgIpc) is 3.17. The third kappa shape index (κ3) is 6.57. The fourth-order valence-electron chi connectivity index (χ4n) is 2.57. The van der Waals surface area contributed by atoms with Crippen LogP contribution in [0.25, 0.3) is 0 Å². The standard InChI is InChI=1S/C19H19ClN4O4S3/c1-28-16-9-8-14(20)10-15(16)24(31(2,26)27)11-17(25)21-18-22-23-19(30-18)29-12-13-6-4-3-5-7-13/h3-10H,11-12H2,1-2H3,(H,21,22,25). The van der Waals surface area contributed by atoms with Crippen molar-refractivity contribution in [3.05, 3.63) is 59.1 Å². The van der Waals surface area contributed by atoms with E-state index in [4.69, 9.17) is 16.3 Å². The fraction of sp³-hybridized carbons (Fsp3) is 0.211. The number of aromatic nitrogens is 2. The van der Waals surface area contributed by atoms with Gasteiger partial charge in [0.05, 0.1) is 19.1 Å². The Morgan fingerprint density at radius 1 is 1.23 bits per heavy atom. The van der Waals surface area contributed by atoms with E-state index >= 15 is 0 Å². The van der Waals surface area contributed by atoms with E-state index in [9.17, 15) is 13.2 Å². The number of thioether (sulfide) groups is 1. The predicted octanol–water partition coefficient (Wildman–Crippen LogP) is 3.90. The van der Waals surface area contributed by atoms with Crippen molar-refractivity contribution in [1.82, 2.24) is 10.2 Å². The lowest BCUT2D eigenvalue weighted by atomic mass is 10.2. The number of carbonyl (C=O) groups is 1. The molecule has 0 aliphatic heterocycles. The molecule has 0 saturated carbocycles. The van der Waals surface area contributed by atoms with Crippen LogP contribution in [-0.2, 0) is 20.6 Å². The molecule has 1 aromatic heterocycles. The molecule has 164 valence electrons. The van der Waals surface area contributed by atoms with E-state index in [1.807, 2.05) is 30.3 Å². The Labute approximate surface area is 193 Å². The van der Waals surface area contributed by atoms with Crippen molar-refractivity contribution in [2.45, 2.75) is 10.1 Å². The van der Waals surface area contributed by atoms with Crippen molar-refractivity contribution in [3.8, 4) is 5.75 Å². The van der Waals surface area contributed by atoms with Gasteiger partial charge >= 0.3 is 0 Å². The summed E-state index contributed by atoms with van der Waals surface area (Å²) < 4.78 is 31.5. The zero-order valence-corrected chi connectivity index (χ0v) is 19.8. The molecule has 1 N–H and O–H groups in total. The summed E-state index contributed by atoms with van der Waals surface area (Å²) in [7, 11) is -2.39. The van der Waals surface area contributed by atoms with Crippen LogP contribution in [0.15, 0.2) is 52.9 Å². The van der Waals surface area contributed by atoms with Crippen molar-refractivity contribution in [1.29, 1.82) is 0 Å². The maximum Gasteiger partial charge on any atom is 0.246 e. The van der Waals surface area contributed by atoms with Gasteiger partial charge in [0.2, 0.25) is 21.1 Å². The van der Waals surface area contributed by atoms with Gasteiger partial charge in [-0.05, 0) is 23.8 Å². The van der Waals surface area contributed by atoms with Crippen LogP contribution in [0.5, 0.6) is 5.75 Å². The van der Waals surface area contributed by atoms with Crippen molar-refractivity contribution < 1.29 is 17.9 Å². The number of halogens is 1. The number of amides is 1. The highest BCUT2D eigenvalue weighted by Gasteiger charge is 2.25. The SMILES string of the molecule is COc1ccc(Cl)cc1N(CC(=O)Nc1nnc(SCc2ccccc2)s1)S(C)(=O)=O. The number of carbonyl (C=O) groups excluding carboxylic acids is 1. The zero-order chi connectivity index (χ0) is 22.4. The summed E-state index contributed by atoms with van der Waals surface area (Å²) in [4.78, 5) is 12.6. The largest absolute Gasteiger partial charge is 0.495 e. The molecule has 3 aromatic rings. The van der Waals surface area contributed by atoms with E-state index in [1.54, 1.807) is 6.07 Å². The number of nitrogens with one attached hydrogen (secondary N) is 1. The maximum absolute atomic E-state index is 12.6. The van der Waals surface area contributed by atoms with E-state index < -0.39 is 22.5 Å². The van der Waals surface area contributed by atoms with Crippen LogP contribution in [0.4, 0.5) is 10.8 Å². The molecule has 0 saturated heterocycles. The topological polar surface area (TPSA) is 101 Å². The van der Waals surface area contributed by atoms with Crippen molar-refractivity contribution in [3.63, 3.8) is 0 Å². The number of sulfonamides is 1. The molecule has 0 radical (unpaired) electrons. The second-order valence-corrected chi connectivity index (χ2v) is 10.8. The van der Waals surface area contributed by atoms with E-state index in [0.717, 1.165) is 21.9 Å². The maximum atomic E-state index is 12.6. The second-order valence-electron chi connectivity index (χ2n) is 6.28. The summed E-state index contributed by atoms with van der Waals surface area (Å²) in [6, 6.07) is 14.4. The summed E-state index contributed by atoms with van der Waals surface area (Å²) in [5.41, 5.74) is 1.32. The molecule has 0 aliphatic carbocycles. The van der Waals surface area contributed by atoms with Gasteiger partial charge in [0.25, 0.3) is 0 Å². The number of methoxy groups -OCH3 is 1. The summed E-state index contributed by atoms with van der Waals surface area (Å²) in [5, 5.41) is 11.2. The van der Waals surface area contributed by atoms with Crippen molar-refractivity contribution in [2.24, 2.45) is 0 Å². The first-order valence-corrected chi connectivity index (χ1v) is 12.9. The van der Waals surface area contributed by atoms with Gasteiger partial charge in [0.1, 0.15) is 12.3 Å². The lowest BCUT2D eigenvalue weighted by Gasteiger charge is -2.23. The van der Waals surface area contributed by atoms with Crippen LogP contribution in [0, 0.1) is 0 Å². The van der Waals surface area contributed by atoms with Gasteiger partial charge in [-0.1, -0.05) is 65.0 Å². The minimum atomic E-state index is -3.79. The third-order valence-electron chi connectivity index (χ3n) is 3.96. The molecule has 0 fully saturated rings. The Morgan fingerprint density at radius 2 is 1.97 bits per heavy atom. The molecule has 31 heavy (non-hydrogen) atoms. The second kappa shape index (κ2) is 10.3. The fourth-order valence-corrected chi connectivity index (χ4v) is 5.31. The summed E-state index contributed by atoms with van der Waals surface area (Å²) in [5.74, 6) is 0.432. The predicted molar refractivity (Wildman–Crippen MR) is 125 cm³/mol. The Hall–Kier alpha value is -2.34. The highest BCUT2D eigenvalue weighted by Crippen LogP contribution is 2.33. The molecule has 3 rings (SSSR count). The Balaban J connectivity index is 1.68. The summed E-state index contributed by atoms with van der Waals surface area (Å²) in [6.45, 7) is -0.471. The van der Waals surface area contributed by atoms with Crippen LogP contribution < -0.4 is 14.4 Å². The minimum absolute atomic E-state index is 0.170. The summed E-state index contributed by atoms with van der Waals surface area (Å²) in [6.07, 6.45) is 1.00. The van der Waals surface area contributed by atoms with Gasteiger partial charge in [-0.25, -0.2) is 8.42 Å². The molecule has 0 bridgehead atoms. The van der Waals surface area contributed by atoms with E-state index in [2.05, 4.69) is 15.5 Å². The molecule has 2 aromatic carbocycles. The van der Waals surface area contributed by atoms with Gasteiger partial charge < -0.3 is 4.74 Å². The molecule has 0 spiro atoms. The van der Waals surface area contributed by atoms with Gasteiger partial charge in [0, 0.05) is 10.8 Å². The number of benzene rings is 2. The molecular formula is C19H19ClN4O4S3. The lowest BCUT2D eigenvalue weighted by Crippen LogP contribution is -2.37. The number of hydrogen-bond donors (Lipinski definition) is 1. The average molecular weight is 499 g/mol. The van der Waals surface area contributed by atoms with Crippen LogP contribution in [0.1, 0.15) is 5.56 Å². The number of ether oxygens (including phenoxy) is 1. The zero-order valence-electron chi connectivity index (χ0n) is 16.6. The van der Waals surface area contributed by atoms with E-state index in [0.29, 0.717) is 9.36 Å². The van der Waals surface area contributed by atoms with Gasteiger partial charge in [-0.2, -0.15) is 0 Å². The Bertz CT molecular complexity index is 1160. The first-order chi connectivity index (χ1) is 14.8. The minimum Gasteiger partial charge on any atom is -0.495 e. The molecule has 0 unspecified atom stereocenters. The van der Waals surface area contributed by atoms with Crippen molar-refractivity contribution in [2.75, 3.05) is 29.5 Å². The van der Waals surface area contributed by atoms with Crippen LogP contribution in [-0.4, -0.2) is 44.4 Å². The third-order valence-corrected chi connectivity index (χ3v) is 7.36. The molecule has 0 aliphatic rings. The molecule has 1 heterocycles. The number of anilines is 2. The van der Waals surface area contributed by atoms with Gasteiger partial charge in [-0.3, -0.25) is 14.4 Å². The Kier molecular flexibility index (Phi) is 7.76. The van der Waals surface area contributed by atoms with Gasteiger partial charge in [0.15, 0.2) is 4.34 Å². The molecule has 8 nitrogen and oxygen atoms in total. The first-order valence-electron chi connectivity index (χ1n) is 8.87. The number of hydrogen-bond acceptors (Lipinski definition) is 8. The van der Waals surface area contributed by atoms with Crippen LogP contribution in [0.3, 0.4) is 0 Å². The molecular weight excluding hydrogens is 480 g/mol. The quantitative estimate of drug-likeness (QED) is 0.352. The highest BCUT2D eigenvalue weighted by molar-refractivity contribution is 8.00. The van der Waals surface area contributed by atoms with Crippen molar-refractivity contribution >= 4 is 61.4 Å². The Morgan fingerprint density at radius 3 is 2.65 bits per heavy atom. The smallest absolute Gasteiger partial charge is 0.246 e. The van der Waals surface area contributed by atoms with E-state index in [-0.39, 0.29) is 16.6 Å². The normalized spacial score (nSPS) is 11.2. The number of rotatable bonds is 9. The van der Waals surface area contributed by atoms with Gasteiger partial charge in [-0.15, -0.1) is 10.2 Å². The molecule has 1 amide bonds. The molecule has 0 atom stereocenters. The molecule has 12 heteroatoms. The highest BCUT2D eigenvalue weighted by atomic mass is 35.5. The van der Waals surface area contributed by atoms with Crippen LogP contribution in [0.2, 0.25) is 5.02 Å². The van der Waals surface area contributed by atoms with E-state index in [1.165, 1.54) is 42.3 Å². The van der Waals surface area contributed by atoms with Crippen LogP contribution >= 0.6 is 34.7 Å². The lowest BCUT2D eigenvalue weighted by molar-refractivity contribution is -0.114. The first kappa shape index (κ1) is 23.3.